The number of amides is 2. The van der Waals surface area contributed by atoms with E-state index < -0.39 is 12.7 Å². The molecule has 11 heteroatoms. The number of nitrogens with one attached hydrogen (secondary N) is 1. The number of hydrogen-bond donors (Lipinski definition) is 3. The number of rotatable bonds is 6. The van der Waals surface area contributed by atoms with Crippen molar-refractivity contribution in [3.63, 3.8) is 0 Å². The maximum atomic E-state index is 13.5. The molecular weight excluding hydrogens is 472 g/mol. The summed E-state index contributed by atoms with van der Waals surface area (Å²) in [5.74, 6) is 1.25. The van der Waals surface area contributed by atoms with Gasteiger partial charge in [0, 0.05) is 42.8 Å². The van der Waals surface area contributed by atoms with Gasteiger partial charge in [0.2, 0.25) is 0 Å². The van der Waals surface area contributed by atoms with Gasteiger partial charge < -0.3 is 19.8 Å². The van der Waals surface area contributed by atoms with Crippen LogP contribution in [0.3, 0.4) is 0 Å². The quantitative estimate of drug-likeness (QED) is 0.476. The number of aryl methyl sites for hydroxylation is 1. The fourth-order valence-corrected chi connectivity index (χ4v) is 4.62. The third-order valence-electron chi connectivity index (χ3n) is 6.04. The molecule has 182 valence electrons. The van der Waals surface area contributed by atoms with Crippen LogP contribution in [-0.4, -0.2) is 69.6 Å². The number of carbonyl (C=O) groups excluding carboxylic acids is 1. The smallest absolute Gasteiger partial charge is 0.329 e. The van der Waals surface area contributed by atoms with Gasteiger partial charge in [0.05, 0.1) is 29.1 Å². The summed E-state index contributed by atoms with van der Waals surface area (Å²) in [6, 6.07) is 8.40. The van der Waals surface area contributed by atoms with Crippen LogP contribution in [0.4, 0.5) is 22.1 Å². The number of hydrogen-bond acceptors (Lipinski definition) is 8. The summed E-state index contributed by atoms with van der Waals surface area (Å²) in [5.41, 5.74) is 3.08. The van der Waals surface area contributed by atoms with Crippen molar-refractivity contribution in [3.05, 3.63) is 53.4 Å². The predicted octanol–water partition coefficient (Wildman–Crippen LogP) is 2.86. The lowest BCUT2D eigenvalue weighted by atomic mass is 10.1. The van der Waals surface area contributed by atoms with Crippen molar-refractivity contribution >= 4 is 35.0 Å². The monoisotopic (exact) mass is 496 g/mol. The van der Waals surface area contributed by atoms with Crippen molar-refractivity contribution in [1.82, 2.24) is 15.0 Å². The second-order valence-electron chi connectivity index (χ2n) is 8.56. The number of carbonyl (C=O) groups is 1. The number of anilines is 3. The van der Waals surface area contributed by atoms with Crippen LogP contribution in [0.25, 0.3) is 11.3 Å². The van der Waals surface area contributed by atoms with E-state index in [1.807, 2.05) is 25.1 Å². The molecule has 3 aromatic rings. The molecule has 2 aliphatic rings. The van der Waals surface area contributed by atoms with Crippen LogP contribution in [0.5, 0.6) is 5.75 Å². The van der Waals surface area contributed by atoms with Gasteiger partial charge in [0.25, 0.3) is 0 Å². The lowest BCUT2D eigenvalue weighted by Gasteiger charge is -2.36. The maximum Gasteiger partial charge on any atom is 0.329 e. The van der Waals surface area contributed by atoms with E-state index in [4.69, 9.17) is 26.4 Å². The van der Waals surface area contributed by atoms with Gasteiger partial charge in [-0.15, -0.1) is 0 Å². The SMILES string of the molecule is Cc1cc(-c2nc3c(cc2Cl)N2CC[C@@H](C2)N3C(=O)Nc2cc(OC[C@H](O)CO)ccn2)ccn1. The largest absolute Gasteiger partial charge is 0.491 e. The highest BCUT2D eigenvalue weighted by atomic mass is 35.5. The van der Waals surface area contributed by atoms with Crippen LogP contribution in [0, 0.1) is 6.92 Å². The number of nitrogens with zero attached hydrogens (tertiary/aromatic N) is 5. The van der Waals surface area contributed by atoms with Crippen LogP contribution < -0.4 is 19.9 Å². The molecule has 2 atom stereocenters. The van der Waals surface area contributed by atoms with Crippen molar-refractivity contribution in [2.75, 3.05) is 41.4 Å². The lowest BCUT2D eigenvalue weighted by Crippen LogP contribution is -2.48. The van der Waals surface area contributed by atoms with Crippen molar-refractivity contribution in [2.45, 2.75) is 25.5 Å². The fraction of sp³-hybridized carbons (Fsp3) is 0.333. The number of aliphatic hydroxyl groups is 2. The van der Waals surface area contributed by atoms with E-state index in [1.165, 1.54) is 6.20 Å². The Bertz CT molecular complexity index is 1260. The summed E-state index contributed by atoms with van der Waals surface area (Å²) in [4.78, 5) is 30.7. The van der Waals surface area contributed by atoms with Crippen LogP contribution in [-0.2, 0) is 0 Å². The summed E-state index contributed by atoms with van der Waals surface area (Å²) in [6.45, 7) is 2.92. The number of aliphatic hydroxyl groups excluding tert-OH is 2. The Kier molecular flexibility index (Phi) is 6.42. The molecule has 0 saturated carbocycles. The standard InChI is InChI=1S/C24H25ClN6O4/c1-14-8-15(2-5-26-14)22-19(25)10-20-23(29-22)31(16-4-7-30(20)11-16)24(34)28-21-9-18(3-6-27-21)35-13-17(33)12-32/h2-3,5-6,8-10,16-17,32-33H,4,7,11-13H2,1H3,(H,27,28,34)/t16-,17+/m0/s1. The van der Waals surface area contributed by atoms with E-state index in [0.717, 1.165) is 29.9 Å². The summed E-state index contributed by atoms with van der Waals surface area (Å²) >= 11 is 6.63. The van der Waals surface area contributed by atoms with Gasteiger partial charge in [-0.05, 0) is 37.6 Å². The second kappa shape index (κ2) is 9.65. The molecule has 0 unspecified atom stereocenters. The summed E-state index contributed by atoms with van der Waals surface area (Å²) in [6.07, 6.45) is 3.02. The molecule has 0 aliphatic carbocycles. The first-order valence-electron chi connectivity index (χ1n) is 11.3. The molecule has 0 radical (unpaired) electrons. The van der Waals surface area contributed by atoms with E-state index in [0.29, 0.717) is 34.6 Å². The molecule has 35 heavy (non-hydrogen) atoms. The molecule has 0 spiro atoms. The van der Waals surface area contributed by atoms with Gasteiger partial charge >= 0.3 is 6.03 Å². The van der Waals surface area contributed by atoms with Gasteiger partial charge in [-0.2, -0.15) is 0 Å². The average molecular weight is 497 g/mol. The van der Waals surface area contributed by atoms with Crippen molar-refractivity contribution < 1.29 is 19.7 Å². The van der Waals surface area contributed by atoms with Crippen molar-refractivity contribution in [1.29, 1.82) is 0 Å². The van der Waals surface area contributed by atoms with E-state index in [-0.39, 0.29) is 18.7 Å². The molecule has 5 heterocycles. The first kappa shape index (κ1) is 23.3. The summed E-state index contributed by atoms with van der Waals surface area (Å²) < 4.78 is 5.47. The summed E-state index contributed by atoms with van der Waals surface area (Å²) in [7, 11) is 0. The first-order valence-corrected chi connectivity index (χ1v) is 11.7. The van der Waals surface area contributed by atoms with Gasteiger partial charge in [-0.1, -0.05) is 11.6 Å². The number of halogens is 1. The molecule has 2 aliphatic heterocycles. The Labute approximate surface area is 207 Å². The third-order valence-corrected chi connectivity index (χ3v) is 6.33. The van der Waals surface area contributed by atoms with Crippen molar-refractivity contribution in [2.24, 2.45) is 0 Å². The first-order chi connectivity index (χ1) is 16.9. The normalized spacial score (nSPS) is 17.2. The highest BCUT2D eigenvalue weighted by molar-refractivity contribution is 6.33. The molecule has 10 nitrogen and oxygen atoms in total. The minimum absolute atomic E-state index is 0.0395. The maximum absolute atomic E-state index is 13.5. The average Bonchev–Trinajstić information content (AvgIpc) is 3.27. The van der Waals surface area contributed by atoms with Gasteiger partial charge in [0.15, 0.2) is 5.82 Å². The molecule has 3 aromatic heterocycles. The molecular formula is C24H25ClN6O4. The van der Waals surface area contributed by atoms with Gasteiger partial charge in [-0.3, -0.25) is 15.2 Å². The molecule has 0 aromatic carbocycles. The van der Waals surface area contributed by atoms with Gasteiger partial charge in [0.1, 0.15) is 24.3 Å². The molecule has 2 amide bonds. The number of ether oxygens (including phenoxy) is 1. The number of urea groups is 1. The van der Waals surface area contributed by atoms with Crippen LogP contribution >= 0.6 is 11.6 Å². The van der Waals surface area contributed by atoms with E-state index >= 15 is 0 Å². The van der Waals surface area contributed by atoms with Crippen LogP contribution in [0.15, 0.2) is 42.7 Å². The zero-order chi connectivity index (χ0) is 24.5. The van der Waals surface area contributed by atoms with Gasteiger partial charge in [-0.25, -0.2) is 14.8 Å². The third kappa shape index (κ3) is 4.72. The molecule has 3 N–H and O–H groups in total. The summed E-state index contributed by atoms with van der Waals surface area (Å²) in [5, 5.41) is 21.8. The Morgan fingerprint density at radius 3 is 2.91 bits per heavy atom. The number of fused-ring (bicyclic) bond motifs is 4. The van der Waals surface area contributed by atoms with E-state index in [1.54, 1.807) is 23.2 Å². The Hall–Kier alpha value is -3.47. The zero-order valence-corrected chi connectivity index (χ0v) is 19.8. The van der Waals surface area contributed by atoms with Crippen LogP contribution in [0.1, 0.15) is 12.1 Å². The highest BCUT2D eigenvalue weighted by Gasteiger charge is 2.41. The van der Waals surface area contributed by atoms with Crippen molar-refractivity contribution in [3.8, 4) is 17.0 Å². The molecule has 5 rings (SSSR count). The van der Waals surface area contributed by atoms with E-state index in [2.05, 4.69) is 20.2 Å². The molecule has 1 saturated heterocycles. The minimum Gasteiger partial charge on any atom is -0.491 e. The fourth-order valence-electron chi connectivity index (χ4n) is 4.37. The lowest BCUT2D eigenvalue weighted by molar-refractivity contribution is 0.0536. The zero-order valence-electron chi connectivity index (χ0n) is 19.1. The minimum atomic E-state index is -0.993. The molecule has 1 fully saturated rings. The topological polar surface area (TPSA) is 124 Å². The molecule has 2 bridgehead atoms. The Balaban J connectivity index is 1.44. The number of aromatic nitrogens is 3. The Morgan fingerprint density at radius 1 is 1.29 bits per heavy atom. The number of pyridine rings is 3. The highest BCUT2D eigenvalue weighted by Crippen LogP contribution is 2.43. The Morgan fingerprint density at radius 2 is 2.11 bits per heavy atom. The van der Waals surface area contributed by atoms with E-state index in [9.17, 15) is 9.90 Å². The second-order valence-corrected chi connectivity index (χ2v) is 8.97. The predicted molar refractivity (Wildman–Crippen MR) is 132 cm³/mol. The van der Waals surface area contributed by atoms with Crippen LogP contribution in [0.2, 0.25) is 5.02 Å².